The van der Waals surface area contributed by atoms with Crippen LogP contribution in [0, 0.1) is 13.8 Å². The van der Waals surface area contributed by atoms with Gasteiger partial charge in [-0.15, -0.1) is 0 Å². The molecule has 1 atom stereocenters. The molecule has 1 aromatic carbocycles. The SMILES string of the molecule is Cc1cc(C(=O)N2CCNC[C@H]2C)cc(C)c1OCC(=O)N1CCCCC1. The fourth-order valence-corrected chi connectivity index (χ4v) is 3.98. The topological polar surface area (TPSA) is 61.9 Å². The molecule has 6 heteroatoms. The molecular formula is C21H31N3O3. The van der Waals surface area contributed by atoms with E-state index in [1.807, 2.05) is 35.8 Å². The van der Waals surface area contributed by atoms with Crippen LogP contribution in [0.5, 0.6) is 5.75 Å². The molecule has 2 aliphatic rings. The molecular weight excluding hydrogens is 342 g/mol. The van der Waals surface area contributed by atoms with Gasteiger partial charge in [-0.2, -0.15) is 0 Å². The number of aryl methyl sites for hydroxylation is 2. The van der Waals surface area contributed by atoms with Crippen molar-refractivity contribution in [2.45, 2.75) is 46.1 Å². The molecule has 0 aliphatic carbocycles. The maximum absolute atomic E-state index is 12.9. The van der Waals surface area contributed by atoms with Gasteiger partial charge in [0.15, 0.2) is 6.61 Å². The maximum atomic E-state index is 12.9. The number of likely N-dealkylation sites (tertiary alicyclic amines) is 1. The van der Waals surface area contributed by atoms with Crippen molar-refractivity contribution in [3.8, 4) is 5.75 Å². The highest BCUT2D eigenvalue weighted by atomic mass is 16.5. The molecule has 0 aromatic heterocycles. The Bertz CT molecular complexity index is 675. The van der Waals surface area contributed by atoms with Crippen LogP contribution in [-0.2, 0) is 4.79 Å². The number of benzene rings is 1. The zero-order valence-corrected chi connectivity index (χ0v) is 16.7. The van der Waals surface area contributed by atoms with Gasteiger partial charge in [0.25, 0.3) is 11.8 Å². The van der Waals surface area contributed by atoms with Crippen LogP contribution in [-0.4, -0.2) is 67.0 Å². The van der Waals surface area contributed by atoms with Gasteiger partial charge in [0.1, 0.15) is 5.75 Å². The summed E-state index contributed by atoms with van der Waals surface area (Å²) in [5.74, 6) is 0.819. The minimum absolute atomic E-state index is 0.0447. The Kier molecular flexibility index (Phi) is 6.37. The molecule has 0 unspecified atom stereocenters. The lowest BCUT2D eigenvalue weighted by Gasteiger charge is -2.34. The van der Waals surface area contributed by atoms with Gasteiger partial charge in [-0.25, -0.2) is 0 Å². The van der Waals surface area contributed by atoms with E-state index in [-0.39, 0.29) is 24.5 Å². The number of carbonyl (C=O) groups excluding carboxylic acids is 2. The Morgan fingerprint density at radius 3 is 2.41 bits per heavy atom. The number of amides is 2. The Morgan fingerprint density at radius 1 is 1.11 bits per heavy atom. The van der Waals surface area contributed by atoms with E-state index in [0.29, 0.717) is 11.3 Å². The van der Waals surface area contributed by atoms with E-state index >= 15 is 0 Å². The first-order chi connectivity index (χ1) is 13.0. The summed E-state index contributed by atoms with van der Waals surface area (Å²) in [4.78, 5) is 29.0. The molecule has 0 radical (unpaired) electrons. The van der Waals surface area contributed by atoms with Crippen LogP contribution in [0.4, 0.5) is 0 Å². The Morgan fingerprint density at radius 2 is 1.78 bits per heavy atom. The smallest absolute Gasteiger partial charge is 0.260 e. The molecule has 0 saturated carbocycles. The highest BCUT2D eigenvalue weighted by Gasteiger charge is 2.25. The van der Waals surface area contributed by atoms with Crippen LogP contribution in [0.3, 0.4) is 0 Å². The zero-order chi connectivity index (χ0) is 19.4. The third-order valence-corrected chi connectivity index (χ3v) is 5.52. The van der Waals surface area contributed by atoms with Crippen LogP contribution < -0.4 is 10.1 Å². The highest BCUT2D eigenvalue weighted by molar-refractivity contribution is 5.95. The van der Waals surface area contributed by atoms with Gasteiger partial charge >= 0.3 is 0 Å². The summed E-state index contributed by atoms with van der Waals surface area (Å²) in [7, 11) is 0. The second-order valence-electron chi connectivity index (χ2n) is 7.72. The minimum Gasteiger partial charge on any atom is -0.483 e. The van der Waals surface area contributed by atoms with Gasteiger partial charge in [0.05, 0.1) is 0 Å². The summed E-state index contributed by atoms with van der Waals surface area (Å²) >= 11 is 0. The molecule has 148 valence electrons. The molecule has 1 N–H and O–H groups in total. The van der Waals surface area contributed by atoms with Crippen LogP contribution >= 0.6 is 0 Å². The number of hydrogen-bond donors (Lipinski definition) is 1. The molecule has 2 saturated heterocycles. The molecule has 27 heavy (non-hydrogen) atoms. The monoisotopic (exact) mass is 373 g/mol. The van der Waals surface area contributed by atoms with Crippen LogP contribution in [0.15, 0.2) is 12.1 Å². The first-order valence-electron chi connectivity index (χ1n) is 10.0. The lowest BCUT2D eigenvalue weighted by molar-refractivity contribution is -0.134. The summed E-state index contributed by atoms with van der Waals surface area (Å²) in [6, 6.07) is 3.94. The fraction of sp³-hybridized carbons (Fsp3) is 0.619. The number of carbonyl (C=O) groups is 2. The average molecular weight is 373 g/mol. The molecule has 0 spiro atoms. The Labute approximate surface area is 161 Å². The molecule has 2 fully saturated rings. The van der Waals surface area contributed by atoms with Crippen LogP contribution in [0.25, 0.3) is 0 Å². The van der Waals surface area contributed by atoms with Crippen molar-refractivity contribution in [2.75, 3.05) is 39.3 Å². The molecule has 0 bridgehead atoms. The Balaban J connectivity index is 1.67. The lowest BCUT2D eigenvalue weighted by Crippen LogP contribution is -2.52. The number of hydrogen-bond acceptors (Lipinski definition) is 4. The highest BCUT2D eigenvalue weighted by Crippen LogP contribution is 2.26. The average Bonchev–Trinajstić information content (AvgIpc) is 2.67. The van der Waals surface area contributed by atoms with Crippen molar-refractivity contribution in [1.29, 1.82) is 0 Å². The molecule has 2 aliphatic heterocycles. The van der Waals surface area contributed by atoms with Crippen LogP contribution in [0.1, 0.15) is 47.7 Å². The number of piperazine rings is 1. The van der Waals surface area contributed by atoms with Crippen molar-refractivity contribution in [3.63, 3.8) is 0 Å². The second-order valence-corrected chi connectivity index (χ2v) is 7.72. The number of piperidine rings is 1. The van der Waals surface area contributed by atoms with E-state index in [9.17, 15) is 9.59 Å². The predicted molar refractivity (Wildman–Crippen MR) is 105 cm³/mol. The summed E-state index contributed by atoms with van der Waals surface area (Å²) < 4.78 is 5.86. The van der Waals surface area contributed by atoms with Crippen molar-refractivity contribution < 1.29 is 14.3 Å². The number of rotatable bonds is 4. The van der Waals surface area contributed by atoms with Crippen molar-refractivity contribution >= 4 is 11.8 Å². The van der Waals surface area contributed by atoms with Gasteiger partial charge in [0.2, 0.25) is 0 Å². The van der Waals surface area contributed by atoms with Crippen molar-refractivity contribution in [2.24, 2.45) is 0 Å². The summed E-state index contributed by atoms with van der Waals surface area (Å²) in [6.45, 7) is 10.0. The number of nitrogens with one attached hydrogen (secondary N) is 1. The van der Waals surface area contributed by atoms with Crippen LogP contribution in [0.2, 0.25) is 0 Å². The molecule has 2 amide bonds. The lowest BCUT2D eigenvalue weighted by atomic mass is 10.0. The normalized spacial score (nSPS) is 20.5. The Hall–Kier alpha value is -2.08. The van der Waals surface area contributed by atoms with E-state index < -0.39 is 0 Å². The van der Waals surface area contributed by atoms with E-state index in [1.165, 1.54) is 6.42 Å². The molecule has 1 aromatic rings. The van der Waals surface area contributed by atoms with E-state index in [2.05, 4.69) is 12.2 Å². The van der Waals surface area contributed by atoms with Gasteiger partial charge in [-0.05, 0) is 63.3 Å². The number of nitrogens with zero attached hydrogens (tertiary/aromatic N) is 2. The summed E-state index contributed by atoms with van der Waals surface area (Å²) in [5, 5.41) is 3.31. The second kappa shape index (κ2) is 8.74. The van der Waals surface area contributed by atoms with Gasteiger partial charge < -0.3 is 19.9 Å². The minimum atomic E-state index is 0.0447. The van der Waals surface area contributed by atoms with Crippen molar-refractivity contribution in [3.05, 3.63) is 28.8 Å². The standard InChI is InChI=1S/C21H31N3O3/c1-15-11-18(21(26)24-10-7-22-13-17(24)3)12-16(2)20(15)27-14-19(25)23-8-5-4-6-9-23/h11-12,17,22H,4-10,13-14H2,1-3H3/t17-/m1/s1. The molecule has 3 rings (SSSR count). The van der Waals surface area contributed by atoms with E-state index in [1.54, 1.807) is 0 Å². The predicted octanol–water partition coefficient (Wildman–Crippen LogP) is 2.13. The largest absolute Gasteiger partial charge is 0.483 e. The van der Waals surface area contributed by atoms with Gasteiger partial charge in [-0.1, -0.05) is 0 Å². The number of ether oxygens (including phenoxy) is 1. The quantitative estimate of drug-likeness (QED) is 0.878. The third kappa shape index (κ3) is 4.61. The third-order valence-electron chi connectivity index (χ3n) is 5.52. The summed E-state index contributed by atoms with van der Waals surface area (Å²) in [5.41, 5.74) is 2.48. The first-order valence-corrected chi connectivity index (χ1v) is 10.0. The zero-order valence-electron chi connectivity index (χ0n) is 16.7. The van der Waals surface area contributed by atoms with Gasteiger partial charge in [-0.3, -0.25) is 9.59 Å². The molecule has 6 nitrogen and oxygen atoms in total. The maximum Gasteiger partial charge on any atom is 0.260 e. The fourth-order valence-electron chi connectivity index (χ4n) is 3.98. The van der Waals surface area contributed by atoms with Crippen molar-refractivity contribution in [1.82, 2.24) is 15.1 Å². The summed E-state index contributed by atoms with van der Waals surface area (Å²) in [6.07, 6.45) is 3.35. The van der Waals surface area contributed by atoms with Gasteiger partial charge in [0, 0.05) is 44.3 Å². The first kappa shape index (κ1) is 19.7. The van der Waals surface area contributed by atoms with E-state index in [0.717, 1.165) is 56.7 Å². The molecule has 2 heterocycles. The van der Waals surface area contributed by atoms with E-state index in [4.69, 9.17) is 4.74 Å².